The maximum Gasteiger partial charge on any atom is 0.355 e. The van der Waals surface area contributed by atoms with Crippen molar-refractivity contribution in [2.24, 2.45) is 0 Å². The zero-order valence-corrected chi connectivity index (χ0v) is 13.9. The third kappa shape index (κ3) is 3.55. The molecule has 0 bridgehead atoms. The van der Waals surface area contributed by atoms with Crippen LogP contribution in [0.1, 0.15) is 23.0 Å². The molecule has 0 N–H and O–H groups in total. The predicted octanol–water partition coefficient (Wildman–Crippen LogP) is 4.79. The van der Waals surface area contributed by atoms with E-state index in [1.54, 1.807) is 31.2 Å². The van der Waals surface area contributed by atoms with Gasteiger partial charge in [-0.25, -0.2) is 4.79 Å². The zero-order valence-electron chi connectivity index (χ0n) is 10.9. The highest BCUT2D eigenvalue weighted by atomic mass is 127. The van der Waals surface area contributed by atoms with Gasteiger partial charge < -0.3 is 9.30 Å². The molecule has 2 rings (SSSR count). The van der Waals surface area contributed by atoms with Gasteiger partial charge in [0, 0.05) is 39.5 Å². The second-order valence-electron chi connectivity index (χ2n) is 4.14. The van der Waals surface area contributed by atoms with Crippen LogP contribution in [0.2, 0.25) is 5.02 Å². The number of hydrogen-bond acceptors (Lipinski definition) is 2. The minimum atomic E-state index is -3.17. The molecule has 112 valence electrons. The quantitative estimate of drug-likeness (QED) is 0.401. The number of benzene rings is 1. The molecule has 0 aliphatic heterocycles. The molecule has 0 fully saturated rings. The van der Waals surface area contributed by atoms with Crippen LogP contribution < -0.4 is 0 Å². The summed E-state index contributed by atoms with van der Waals surface area (Å²) in [5.74, 6) is -0.788. The fourth-order valence-electron chi connectivity index (χ4n) is 1.89. The normalized spacial score (nSPS) is 11.5. The molecule has 3 nitrogen and oxygen atoms in total. The minimum Gasteiger partial charge on any atom is -0.461 e. The third-order valence-corrected chi connectivity index (χ3v) is 3.60. The number of hydrogen-bond donors (Lipinski definition) is 0. The molecule has 0 aliphatic rings. The Bertz CT molecular complexity index is 650. The van der Waals surface area contributed by atoms with E-state index in [0.717, 1.165) is 22.6 Å². The summed E-state index contributed by atoms with van der Waals surface area (Å²) in [7, 11) is 0. The second kappa shape index (κ2) is 6.31. The first-order valence-electron chi connectivity index (χ1n) is 6.06. The van der Waals surface area contributed by atoms with E-state index in [4.69, 9.17) is 16.3 Å². The lowest BCUT2D eigenvalue weighted by Crippen LogP contribution is -2.16. The number of alkyl halides is 3. The summed E-state index contributed by atoms with van der Waals surface area (Å²) in [5.41, 5.74) is -0.00979. The van der Waals surface area contributed by atoms with Gasteiger partial charge in [0.1, 0.15) is 5.69 Å². The molecule has 1 heterocycles. The van der Waals surface area contributed by atoms with Gasteiger partial charge in [0.15, 0.2) is 0 Å². The predicted molar refractivity (Wildman–Crippen MR) is 84.6 cm³/mol. The van der Waals surface area contributed by atoms with Gasteiger partial charge >= 0.3 is 9.90 Å². The average molecular weight is 426 g/mol. The lowest BCUT2D eigenvalue weighted by molar-refractivity contribution is 0.0502. The van der Waals surface area contributed by atoms with Crippen LogP contribution in [0.15, 0.2) is 36.5 Å². The van der Waals surface area contributed by atoms with Crippen LogP contribution in [0.3, 0.4) is 0 Å². The van der Waals surface area contributed by atoms with Crippen LogP contribution in [0.25, 0.3) is 5.69 Å². The first-order chi connectivity index (χ1) is 9.84. The van der Waals surface area contributed by atoms with Crippen LogP contribution >= 0.6 is 34.2 Å². The van der Waals surface area contributed by atoms with E-state index in [0.29, 0.717) is 10.7 Å². The summed E-state index contributed by atoms with van der Waals surface area (Å²) in [6.45, 7) is 1.73. The van der Waals surface area contributed by atoms with Gasteiger partial charge in [0.05, 0.1) is 12.2 Å². The molecule has 0 radical (unpaired) electrons. The van der Waals surface area contributed by atoms with Crippen molar-refractivity contribution >= 4 is 40.2 Å². The summed E-state index contributed by atoms with van der Waals surface area (Å²) >= 11 is 6.80. The Morgan fingerprint density at radius 2 is 1.95 bits per heavy atom. The zero-order chi connectivity index (χ0) is 15.6. The first-order valence-corrected chi connectivity index (χ1v) is 7.52. The van der Waals surface area contributed by atoms with Crippen LogP contribution in [-0.4, -0.2) is 17.1 Å². The van der Waals surface area contributed by atoms with Crippen molar-refractivity contribution in [2.75, 3.05) is 6.61 Å². The maximum absolute atomic E-state index is 13.7. The van der Waals surface area contributed by atoms with Gasteiger partial charge in [-0.15, -0.1) is 0 Å². The summed E-state index contributed by atoms with van der Waals surface area (Å²) in [4.78, 5) is 12.0. The molecule has 1 aromatic carbocycles. The van der Waals surface area contributed by atoms with Gasteiger partial charge in [0.2, 0.25) is 0 Å². The largest absolute Gasteiger partial charge is 0.461 e. The maximum atomic E-state index is 13.7. The number of rotatable bonds is 4. The summed E-state index contributed by atoms with van der Waals surface area (Å²) in [6.07, 6.45) is 1.41. The van der Waals surface area contributed by atoms with E-state index >= 15 is 0 Å². The van der Waals surface area contributed by atoms with Gasteiger partial charge in [0.25, 0.3) is 0 Å². The highest BCUT2D eigenvalue weighted by molar-refractivity contribution is 14.1. The van der Waals surface area contributed by atoms with Gasteiger partial charge in [-0.1, -0.05) is 11.6 Å². The molecule has 1 aromatic heterocycles. The number of esters is 1. The van der Waals surface area contributed by atoms with E-state index in [9.17, 15) is 13.6 Å². The molecule has 0 atom stereocenters. The molecular formula is C14H11ClF2INO2. The Morgan fingerprint density at radius 1 is 1.33 bits per heavy atom. The fraction of sp³-hybridized carbons (Fsp3) is 0.214. The Hall–Kier alpha value is -1.15. The van der Waals surface area contributed by atoms with E-state index in [1.165, 1.54) is 16.8 Å². The Morgan fingerprint density at radius 3 is 2.48 bits per heavy atom. The lowest BCUT2D eigenvalue weighted by atomic mass is 10.2. The van der Waals surface area contributed by atoms with E-state index in [1.807, 2.05) is 0 Å². The van der Waals surface area contributed by atoms with Gasteiger partial charge in [-0.2, -0.15) is 8.78 Å². The van der Waals surface area contributed by atoms with Crippen molar-refractivity contribution in [2.45, 2.75) is 10.9 Å². The van der Waals surface area contributed by atoms with Crippen LogP contribution in [0.5, 0.6) is 0 Å². The smallest absolute Gasteiger partial charge is 0.355 e. The minimum absolute atomic E-state index is 0.108. The van der Waals surface area contributed by atoms with E-state index in [2.05, 4.69) is 0 Å². The second-order valence-corrected chi connectivity index (χ2v) is 5.93. The SMILES string of the molecule is CCOC(=O)c1c(C(F)(F)I)ccn1-c1ccc(Cl)cc1. The highest BCUT2D eigenvalue weighted by Crippen LogP contribution is 2.38. The molecule has 2 aromatic rings. The van der Waals surface area contributed by atoms with Crippen molar-refractivity contribution < 1.29 is 18.3 Å². The molecule has 0 saturated carbocycles. The third-order valence-electron chi connectivity index (χ3n) is 2.77. The molecule has 0 saturated heterocycles. The molecular weight excluding hydrogens is 415 g/mol. The van der Waals surface area contributed by atoms with Gasteiger partial charge in [-0.05, 0) is 37.3 Å². The van der Waals surface area contributed by atoms with Crippen molar-refractivity contribution in [1.82, 2.24) is 4.57 Å². The Labute approximate surface area is 139 Å². The van der Waals surface area contributed by atoms with Crippen LogP contribution in [0.4, 0.5) is 8.78 Å². The summed E-state index contributed by atoms with van der Waals surface area (Å²) in [6, 6.07) is 7.73. The molecule has 21 heavy (non-hydrogen) atoms. The number of halogens is 4. The number of carbonyl (C=O) groups is 1. The standard InChI is InChI=1S/C14H11ClF2INO2/c1-2-21-13(20)12-11(14(16,17)18)7-8-19(12)10-5-3-9(15)4-6-10/h3-8H,2H2,1H3. The average Bonchev–Trinajstić information content (AvgIpc) is 2.84. The fourth-order valence-corrected chi connectivity index (χ4v) is 2.45. The van der Waals surface area contributed by atoms with E-state index in [-0.39, 0.29) is 17.9 Å². The Balaban J connectivity index is 2.58. The highest BCUT2D eigenvalue weighted by Gasteiger charge is 2.35. The first kappa shape index (κ1) is 16.2. The van der Waals surface area contributed by atoms with Crippen molar-refractivity contribution in [1.29, 1.82) is 0 Å². The van der Waals surface area contributed by atoms with Crippen molar-refractivity contribution in [3.05, 3.63) is 52.8 Å². The Kier molecular flexibility index (Phi) is 4.88. The molecule has 0 aliphatic carbocycles. The lowest BCUT2D eigenvalue weighted by Gasteiger charge is -2.13. The molecule has 0 unspecified atom stereocenters. The van der Waals surface area contributed by atoms with Crippen LogP contribution in [-0.2, 0) is 8.67 Å². The number of nitrogens with zero attached hydrogens (tertiary/aromatic N) is 1. The summed E-state index contributed by atoms with van der Waals surface area (Å²) in [5, 5.41) is 0.517. The number of aromatic nitrogens is 1. The monoisotopic (exact) mass is 425 g/mol. The topological polar surface area (TPSA) is 31.2 Å². The van der Waals surface area contributed by atoms with E-state index < -0.39 is 9.90 Å². The van der Waals surface area contributed by atoms with Crippen LogP contribution in [0, 0.1) is 0 Å². The van der Waals surface area contributed by atoms with Crippen molar-refractivity contribution in [3.8, 4) is 5.69 Å². The van der Waals surface area contributed by atoms with Gasteiger partial charge in [-0.3, -0.25) is 0 Å². The molecule has 7 heteroatoms. The number of ether oxygens (including phenoxy) is 1. The number of carbonyl (C=O) groups excluding carboxylic acids is 1. The van der Waals surface area contributed by atoms with Crippen molar-refractivity contribution in [3.63, 3.8) is 0 Å². The molecule has 0 amide bonds. The summed E-state index contributed by atoms with van der Waals surface area (Å²) < 4.78 is 30.4. The molecule has 0 spiro atoms.